The van der Waals surface area contributed by atoms with Gasteiger partial charge in [-0.1, -0.05) is 13.8 Å². The lowest BCUT2D eigenvalue weighted by atomic mass is 10.0. The first kappa shape index (κ1) is 13.6. The monoisotopic (exact) mass is 242 g/mol. The van der Waals surface area contributed by atoms with Crippen molar-refractivity contribution in [3.8, 4) is 0 Å². The summed E-state index contributed by atoms with van der Waals surface area (Å²) in [5, 5.41) is 5.06. The van der Waals surface area contributed by atoms with Crippen molar-refractivity contribution >= 4 is 17.8 Å². The third kappa shape index (κ3) is 3.81. The molecule has 0 aromatic heterocycles. The Labute approximate surface area is 100 Å². The highest BCUT2D eigenvalue weighted by Gasteiger charge is 2.34. The van der Waals surface area contributed by atoms with E-state index in [2.05, 4.69) is 15.4 Å². The number of methoxy groups -OCH3 is 1. The Morgan fingerprint density at radius 1 is 1.53 bits per heavy atom. The Kier molecular flexibility index (Phi) is 4.62. The number of rotatable bonds is 5. The maximum atomic E-state index is 11.5. The van der Waals surface area contributed by atoms with Gasteiger partial charge in [0.2, 0.25) is 11.8 Å². The Hall–Kier alpha value is -1.43. The van der Waals surface area contributed by atoms with Crippen LogP contribution in [-0.4, -0.2) is 37.0 Å². The van der Waals surface area contributed by atoms with Gasteiger partial charge in [0.25, 0.3) is 0 Å². The quantitative estimate of drug-likeness (QED) is 0.505. The van der Waals surface area contributed by atoms with E-state index >= 15 is 0 Å². The molecule has 1 aliphatic heterocycles. The predicted octanol–water partition coefficient (Wildman–Crippen LogP) is -0.421. The molecule has 1 rings (SSSR count). The first-order valence-corrected chi connectivity index (χ1v) is 5.61. The van der Waals surface area contributed by atoms with Gasteiger partial charge in [-0.3, -0.25) is 25.0 Å². The van der Waals surface area contributed by atoms with Crippen LogP contribution in [0.5, 0.6) is 0 Å². The van der Waals surface area contributed by atoms with E-state index in [0.717, 1.165) is 0 Å². The standard InChI is InChI=1S/C11H18N2O4/c1-6(2)4-8(11(16)17-3)12-7-5-9(14)13-10(7)15/h6-8,12H,4-5H2,1-3H3,(H,13,14,15). The molecular formula is C11H18N2O4. The summed E-state index contributed by atoms with van der Waals surface area (Å²) >= 11 is 0. The van der Waals surface area contributed by atoms with E-state index in [9.17, 15) is 14.4 Å². The normalized spacial score (nSPS) is 21.5. The van der Waals surface area contributed by atoms with Gasteiger partial charge in [-0.25, -0.2) is 0 Å². The molecule has 0 bridgehead atoms. The van der Waals surface area contributed by atoms with Crippen molar-refractivity contribution in [2.45, 2.75) is 38.8 Å². The van der Waals surface area contributed by atoms with E-state index in [4.69, 9.17) is 0 Å². The number of hydrogen-bond acceptors (Lipinski definition) is 5. The molecule has 0 aromatic rings. The van der Waals surface area contributed by atoms with Gasteiger partial charge in [-0.15, -0.1) is 0 Å². The number of carbonyl (C=O) groups excluding carboxylic acids is 3. The highest BCUT2D eigenvalue weighted by atomic mass is 16.5. The zero-order valence-corrected chi connectivity index (χ0v) is 10.3. The molecule has 0 aromatic carbocycles. The molecular weight excluding hydrogens is 224 g/mol. The van der Waals surface area contributed by atoms with Crippen molar-refractivity contribution in [1.82, 2.24) is 10.6 Å². The van der Waals surface area contributed by atoms with Gasteiger partial charge in [0.05, 0.1) is 19.6 Å². The zero-order valence-electron chi connectivity index (χ0n) is 10.3. The van der Waals surface area contributed by atoms with Gasteiger partial charge in [0, 0.05) is 0 Å². The summed E-state index contributed by atoms with van der Waals surface area (Å²) in [5.74, 6) is -0.828. The fraction of sp³-hybridized carbons (Fsp3) is 0.727. The van der Waals surface area contributed by atoms with Crippen molar-refractivity contribution in [3.05, 3.63) is 0 Å². The van der Waals surface area contributed by atoms with Crippen LogP contribution in [0.15, 0.2) is 0 Å². The molecule has 0 spiro atoms. The maximum Gasteiger partial charge on any atom is 0.322 e. The molecule has 0 radical (unpaired) electrons. The SMILES string of the molecule is COC(=O)C(CC(C)C)NC1CC(=O)NC1=O. The molecule has 96 valence electrons. The number of carbonyl (C=O) groups is 3. The molecule has 2 atom stereocenters. The van der Waals surface area contributed by atoms with Crippen LogP contribution in [0.4, 0.5) is 0 Å². The topological polar surface area (TPSA) is 84.5 Å². The molecule has 1 aliphatic rings. The molecule has 2 amide bonds. The summed E-state index contributed by atoms with van der Waals surface area (Å²) < 4.78 is 4.67. The molecule has 2 unspecified atom stereocenters. The summed E-state index contributed by atoms with van der Waals surface area (Å²) in [6, 6.07) is -1.19. The summed E-state index contributed by atoms with van der Waals surface area (Å²) in [6.07, 6.45) is 0.634. The first-order chi connectivity index (χ1) is 7.93. The molecule has 17 heavy (non-hydrogen) atoms. The second-order valence-corrected chi connectivity index (χ2v) is 4.54. The number of nitrogens with one attached hydrogen (secondary N) is 2. The summed E-state index contributed by atoms with van der Waals surface area (Å²) in [5.41, 5.74) is 0. The Balaban J connectivity index is 2.62. The zero-order chi connectivity index (χ0) is 13.0. The minimum atomic E-state index is -0.634. The fourth-order valence-electron chi connectivity index (χ4n) is 1.78. The third-order valence-electron chi connectivity index (χ3n) is 2.56. The maximum absolute atomic E-state index is 11.5. The van der Waals surface area contributed by atoms with Gasteiger partial charge < -0.3 is 4.74 Å². The average Bonchev–Trinajstić information content (AvgIpc) is 2.54. The van der Waals surface area contributed by atoms with Crippen molar-refractivity contribution in [2.24, 2.45) is 5.92 Å². The molecule has 1 heterocycles. The third-order valence-corrected chi connectivity index (χ3v) is 2.56. The lowest BCUT2D eigenvalue weighted by Crippen LogP contribution is -2.47. The molecule has 0 aliphatic carbocycles. The van der Waals surface area contributed by atoms with Crippen molar-refractivity contribution in [2.75, 3.05) is 7.11 Å². The minimum Gasteiger partial charge on any atom is -0.468 e. The lowest BCUT2D eigenvalue weighted by Gasteiger charge is -2.20. The second kappa shape index (κ2) is 5.77. The Morgan fingerprint density at radius 3 is 2.59 bits per heavy atom. The molecule has 2 N–H and O–H groups in total. The van der Waals surface area contributed by atoms with Crippen molar-refractivity contribution in [3.63, 3.8) is 0 Å². The van der Waals surface area contributed by atoms with Crippen LogP contribution in [0.25, 0.3) is 0 Å². The van der Waals surface area contributed by atoms with Crippen LogP contribution >= 0.6 is 0 Å². The van der Waals surface area contributed by atoms with Gasteiger partial charge in [-0.05, 0) is 12.3 Å². The number of amides is 2. The van der Waals surface area contributed by atoms with E-state index in [0.29, 0.717) is 6.42 Å². The van der Waals surface area contributed by atoms with Crippen LogP contribution in [0.1, 0.15) is 26.7 Å². The van der Waals surface area contributed by atoms with E-state index in [1.54, 1.807) is 0 Å². The van der Waals surface area contributed by atoms with Crippen LogP contribution in [0.3, 0.4) is 0 Å². The summed E-state index contributed by atoms with van der Waals surface area (Å²) in [7, 11) is 1.30. The van der Waals surface area contributed by atoms with Gasteiger partial charge in [0.1, 0.15) is 6.04 Å². The molecule has 0 saturated carbocycles. The molecule has 1 saturated heterocycles. The van der Waals surface area contributed by atoms with Gasteiger partial charge >= 0.3 is 5.97 Å². The number of hydrogen-bond donors (Lipinski definition) is 2. The van der Waals surface area contributed by atoms with E-state index in [1.807, 2.05) is 13.8 Å². The molecule has 6 nitrogen and oxygen atoms in total. The van der Waals surface area contributed by atoms with Gasteiger partial charge in [0.15, 0.2) is 0 Å². The number of imide groups is 1. The van der Waals surface area contributed by atoms with E-state index < -0.39 is 18.1 Å². The lowest BCUT2D eigenvalue weighted by molar-refractivity contribution is -0.144. The first-order valence-electron chi connectivity index (χ1n) is 5.61. The largest absolute Gasteiger partial charge is 0.468 e. The summed E-state index contributed by atoms with van der Waals surface area (Å²) in [6.45, 7) is 3.94. The Bertz CT molecular complexity index is 327. The fourth-order valence-corrected chi connectivity index (χ4v) is 1.78. The second-order valence-electron chi connectivity index (χ2n) is 4.54. The van der Waals surface area contributed by atoms with Crippen LogP contribution in [-0.2, 0) is 19.1 Å². The average molecular weight is 242 g/mol. The number of esters is 1. The highest BCUT2D eigenvalue weighted by Crippen LogP contribution is 2.10. The van der Waals surface area contributed by atoms with Crippen molar-refractivity contribution < 1.29 is 19.1 Å². The molecule has 1 fully saturated rings. The van der Waals surface area contributed by atoms with Crippen molar-refractivity contribution in [1.29, 1.82) is 0 Å². The summed E-state index contributed by atoms with van der Waals surface area (Å²) in [4.78, 5) is 33.9. The van der Waals surface area contributed by atoms with E-state index in [1.165, 1.54) is 7.11 Å². The minimum absolute atomic E-state index is 0.0738. The molecule has 6 heteroatoms. The highest BCUT2D eigenvalue weighted by molar-refractivity contribution is 6.05. The van der Waals surface area contributed by atoms with E-state index in [-0.39, 0.29) is 24.2 Å². The van der Waals surface area contributed by atoms with Crippen LogP contribution in [0.2, 0.25) is 0 Å². The predicted molar refractivity (Wildman–Crippen MR) is 59.9 cm³/mol. The Morgan fingerprint density at radius 2 is 2.18 bits per heavy atom. The van der Waals surface area contributed by atoms with Crippen LogP contribution < -0.4 is 10.6 Å². The smallest absolute Gasteiger partial charge is 0.322 e. The van der Waals surface area contributed by atoms with Crippen LogP contribution in [0, 0.1) is 5.92 Å². The number of ether oxygens (including phenoxy) is 1. The van der Waals surface area contributed by atoms with Gasteiger partial charge in [-0.2, -0.15) is 0 Å².